The lowest BCUT2D eigenvalue weighted by atomic mass is 9.78. The van der Waals surface area contributed by atoms with Crippen molar-refractivity contribution in [3.05, 3.63) is 0 Å². The Morgan fingerprint density at radius 1 is 1.08 bits per heavy atom. The van der Waals surface area contributed by atoms with E-state index in [2.05, 4.69) is 4.90 Å². The molecule has 0 amide bonds. The van der Waals surface area contributed by atoms with E-state index in [4.69, 9.17) is 0 Å². The van der Waals surface area contributed by atoms with Crippen LogP contribution in [0.2, 0.25) is 6.04 Å². The highest BCUT2D eigenvalue weighted by molar-refractivity contribution is 6.08. The first-order chi connectivity index (χ1) is 6.42. The molecule has 1 saturated carbocycles. The first-order valence-corrected chi connectivity index (χ1v) is 7.57. The molecule has 2 aliphatic rings. The lowest BCUT2D eigenvalue weighted by molar-refractivity contribution is 0.0659. The predicted octanol–water partition coefficient (Wildman–Crippen LogP) is 1.42. The summed E-state index contributed by atoms with van der Waals surface area (Å²) in [6, 6.07) is 2.47. The third-order valence-electron chi connectivity index (χ3n) is 3.87. The topological polar surface area (TPSA) is 3.24 Å². The van der Waals surface area contributed by atoms with Crippen molar-refractivity contribution in [2.24, 2.45) is 5.92 Å². The van der Waals surface area contributed by atoms with Crippen molar-refractivity contribution in [2.75, 3.05) is 13.1 Å². The van der Waals surface area contributed by atoms with Crippen molar-refractivity contribution in [3.8, 4) is 0 Å². The van der Waals surface area contributed by atoms with Crippen LogP contribution in [0.4, 0.5) is 0 Å². The highest BCUT2D eigenvalue weighted by Crippen LogP contribution is 2.34. The zero-order valence-electron chi connectivity index (χ0n) is 8.97. The van der Waals surface area contributed by atoms with Crippen molar-refractivity contribution < 1.29 is 0 Å². The fourth-order valence-electron chi connectivity index (χ4n) is 3.29. The molecule has 2 heteroatoms. The first kappa shape index (κ1) is 9.72. The van der Waals surface area contributed by atoms with Crippen LogP contribution in [-0.2, 0) is 0 Å². The first-order valence-electron chi connectivity index (χ1n) is 6.16. The van der Waals surface area contributed by atoms with Crippen LogP contribution < -0.4 is 0 Å². The van der Waals surface area contributed by atoms with Gasteiger partial charge in [0, 0.05) is 16.3 Å². The van der Waals surface area contributed by atoms with Gasteiger partial charge in [0.2, 0.25) is 0 Å². The molecule has 1 nitrogen and oxygen atoms in total. The fraction of sp³-hybridized carbons (Fsp3) is 1.00. The molecule has 0 aromatic heterocycles. The van der Waals surface area contributed by atoms with Crippen LogP contribution in [0.25, 0.3) is 0 Å². The van der Waals surface area contributed by atoms with E-state index in [1.165, 1.54) is 67.9 Å². The predicted molar refractivity (Wildman–Crippen MR) is 61.3 cm³/mol. The molecule has 0 aromatic rings. The van der Waals surface area contributed by atoms with Crippen LogP contribution in [0.5, 0.6) is 0 Å². The largest absolute Gasteiger partial charge is 0.300 e. The summed E-state index contributed by atoms with van der Waals surface area (Å²) in [7, 11) is 1.39. The molecule has 0 bridgehead atoms. The molecule has 0 spiro atoms. The summed E-state index contributed by atoms with van der Waals surface area (Å²) in [5.41, 5.74) is 0. The van der Waals surface area contributed by atoms with E-state index in [1.54, 1.807) is 0 Å². The van der Waals surface area contributed by atoms with Crippen LogP contribution in [0.15, 0.2) is 0 Å². The molecule has 0 N–H and O–H groups in total. The van der Waals surface area contributed by atoms with E-state index in [9.17, 15) is 0 Å². The summed E-state index contributed by atoms with van der Waals surface area (Å²) in [6.45, 7) is 2.82. The number of hydrogen-bond donors (Lipinski definition) is 0. The van der Waals surface area contributed by atoms with Gasteiger partial charge in [-0.15, -0.1) is 0 Å². The SMILES string of the molecule is [SiH3]CCN1CCCC2CCCCC21. The van der Waals surface area contributed by atoms with Gasteiger partial charge in [-0.1, -0.05) is 18.9 Å². The summed E-state index contributed by atoms with van der Waals surface area (Å²) in [5.74, 6) is 1.08. The average molecular weight is 197 g/mol. The van der Waals surface area contributed by atoms with Gasteiger partial charge in [-0.3, -0.25) is 0 Å². The normalized spacial score (nSPS) is 36.0. The summed E-state index contributed by atoms with van der Waals surface area (Å²) in [5, 5.41) is 0. The number of likely N-dealkylation sites (tertiary alicyclic amines) is 1. The lowest BCUT2D eigenvalue weighted by Crippen LogP contribution is -2.46. The minimum absolute atomic E-state index is 0.997. The Labute approximate surface area is 85.3 Å². The van der Waals surface area contributed by atoms with Gasteiger partial charge in [0.1, 0.15) is 0 Å². The second-order valence-electron chi connectivity index (χ2n) is 4.79. The Morgan fingerprint density at radius 3 is 2.69 bits per heavy atom. The number of rotatable bonds is 2. The van der Waals surface area contributed by atoms with Crippen molar-refractivity contribution in [1.82, 2.24) is 4.90 Å². The molecule has 13 heavy (non-hydrogen) atoms. The minimum Gasteiger partial charge on any atom is -0.300 e. The van der Waals surface area contributed by atoms with E-state index in [1.807, 2.05) is 0 Å². The third-order valence-corrected chi connectivity index (χ3v) is 4.32. The Balaban J connectivity index is 1.94. The molecule has 0 radical (unpaired) electrons. The molecule has 2 fully saturated rings. The molecular weight excluding hydrogens is 174 g/mol. The molecule has 76 valence electrons. The Bertz CT molecular complexity index is 156. The minimum atomic E-state index is 0.997. The van der Waals surface area contributed by atoms with Gasteiger partial charge < -0.3 is 4.90 Å². The zero-order valence-corrected chi connectivity index (χ0v) is 11.0. The molecule has 1 heterocycles. The molecule has 2 unspecified atom stereocenters. The van der Waals surface area contributed by atoms with E-state index < -0.39 is 0 Å². The maximum absolute atomic E-state index is 2.81. The molecule has 1 aliphatic heterocycles. The zero-order chi connectivity index (χ0) is 9.10. The van der Waals surface area contributed by atoms with Crippen molar-refractivity contribution in [3.63, 3.8) is 0 Å². The summed E-state index contributed by atoms with van der Waals surface area (Å²) in [4.78, 5) is 2.81. The van der Waals surface area contributed by atoms with Gasteiger partial charge in [-0.05, 0) is 44.7 Å². The lowest BCUT2D eigenvalue weighted by Gasteiger charge is -2.44. The second kappa shape index (κ2) is 4.60. The number of fused-ring (bicyclic) bond motifs is 1. The summed E-state index contributed by atoms with van der Waals surface area (Å²) >= 11 is 0. The summed E-state index contributed by atoms with van der Waals surface area (Å²) in [6.07, 6.45) is 9.05. The molecule has 1 aliphatic carbocycles. The van der Waals surface area contributed by atoms with Crippen LogP contribution >= 0.6 is 0 Å². The van der Waals surface area contributed by atoms with Gasteiger partial charge in [0.05, 0.1) is 0 Å². The maximum atomic E-state index is 2.81. The van der Waals surface area contributed by atoms with Crippen LogP contribution in [0.3, 0.4) is 0 Å². The quantitative estimate of drug-likeness (QED) is 0.605. The van der Waals surface area contributed by atoms with Crippen molar-refractivity contribution in [2.45, 2.75) is 50.6 Å². The van der Waals surface area contributed by atoms with Crippen molar-refractivity contribution >= 4 is 10.2 Å². The molecular formula is C11H23NSi. The Kier molecular flexibility index (Phi) is 3.44. The Hall–Kier alpha value is 0.177. The highest BCUT2D eigenvalue weighted by atomic mass is 28.1. The maximum Gasteiger partial charge on any atom is 0.0123 e. The number of hydrogen-bond acceptors (Lipinski definition) is 1. The molecule has 0 aromatic carbocycles. The van der Waals surface area contributed by atoms with E-state index in [-0.39, 0.29) is 0 Å². The summed E-state index contributed by atoms with van der Waals surface area (Å²) < 4.78 is 0. The van der Waals surface area contributed by atoms with Gasteiger partial charge in [-0.25, -0.2) is 0 Å². The third kappa shape index (κ3) is 2.16. The van der Waals surface area contributed by atoms with Gasteiger partial charge >= 0.3 is 0 Å². The van der Waals surface area contributed by atoms with Gasteiger partial charge in [0.15, 0.2) is 0 Å². The standard InChI is InChI=1S/C11H23NSi/c13-9-8-12-7-3-5-10-4-1-2-6-11(10)12/h10-11H,1-9H2,13H3. The van der Waals surface area contributed by atoms with Gasteiger partial charge in [0.25, 0.3) is 0 Å². The second-order valence-corrected chi connectivity index (χ2v) is 5.79. The number of piperidine rings is 1. The van der Waals surface area contributed by atoms with E-state index in [0.29, 0.717) is 0 Å². The van der Waals surface area contributed by atoms with Crippen LogP contribution in [0, 0.1) is 5.92 Å². The van der Waals surface area contributed by atoms with Crippen molar-refractivity contribution in [1.29, 1.82) is 0 Å². The van der Waals surface area contributed by atoms with E-state index in [0.717, 1.165) is 12.0 Å². The molecule has 2 atom stereocenters. The highest BCUT2D eigenvalue weighted by Gasteiger charge is 2.32. The Morgan fingerprint density at radius 2 is 1.85 bits per heavy atom. The monoisotopic (exact) mass is 197 g/mol. The average Bonchev–Trinajstić information content (AvgIpc) is 2.19. The van der Waals surface area contributed by atoms with Crippen LogP contribution in [0.1, 0.15) is 38.5 Å². The van der Waals surface area contributed by atoms with Crippen LogP contribution in [-0.4, -0.2) is 34.3 Å². The fourth-order valence-corrected chi connectivity index (χ4v) is 3.87. The smallest absolute Gasteiger partial charge is 0.0123 e. The van der Waals surface area contributed by atoms with E-state index >= 15 is 0 Å². The van der Waals surface area contributed by atoms with Gasteiger partial charge in [-0.2, -0.15) is 0 Å². The number of nitrogens with zero attached hydrogens (tertiary/aromatic N) is 1. The molecule has 1 saturated heterocycles. The molecule has 2 rings (SSSR count).